The van der Waals surface area contributed by atoms with Gasteiger partial charge in [0.15, 0.2) is 0 Å². The smallest absolute Gasteiger partial charge is 0.335 e. The van der Waals surface area contributed by atoms with Crippen molar-refractivity contribution >= 4 is 29.2 Å². The van der Waals surface area contributed by atoms with Gasteiger partial charge in [-0.25, -0.2) is 9.78 Å². The van der Waals surface area contributed by atoms with E-state index in [-0.39, 0.29) is 5.56 Å². The van der Waals surface area contributed by atoms with Crippen LogP contribution in [0.5, 0.6) is 11.6 Å². The van der Waals surface area contributed by atoms with Crippen molar-refractivity contribution < 1.29 is 14.6 Å². The topological polar surface area (TPSA) is 59.4 Å². The summed E-state index contributed by atoms with van der Waals surface area (Å²) in [6.07, 6.45) is 0. The first-order valence-corrected chi connectivity index (χ1v) is 8.14. The number of aromatic carboxylic acids is 1. The van der Waals surface area contributed by atoms with Crippen LogP contribution in [0.1, 0.15) is 15.9 Å². The molecule has 0 aliphatic rings. The normalized spacial score (nSPS) is 10.5. The Morgan fingerprint density at radius 3 is 2.40 bits per heavy atom. The molecule has 0 bridgehead atoms. The standard InChI is InChI=1S/C19H13Cl2NO3/c1-11-15(4-2-5-16(11)19(23)24)17-6-3-7-18(22-17)25-14-9-12(20)8-13(21)10-14/h2-10H,1H3,(H,23,24). The zero-order chi connectivity index (χ0) is 18.0. The highest BCUT2D eigenvalue weighted by Gasteiger charge is 2.13. The van der Waals surface area contributed by atoms with Crippen molar-refractivity contribution in [2.45, 2.75) is 6.92 Å². The highest BCUT2D eigenvalue weighted by molar-refractivity contribution is 6.34. The van der Waals surface area contributed by atoms with Crippen LogP contribution in [0.2, 0.25) is 10.0 Å². The maximum absolute atomic E-state index is 11.3. The van der Waals surface area contributed by atoms with Crippen LogP contribution in [0.15, 0.2) is 54.6 Å². The van der Waals surface area contributed by atoms with Gasteiger partial charge in [-0.3, -0.25) is 0 Å². The first-order valence-electron chi connectivity index (χ1n) is 7.38. The van der Waals surface area contributed by atoms with Gasteiger partial charge in [-0.05, 0) is 42.8 Å². The monoisotopic (exact) mass is 373 g/mol. The second kappa shape index (κ2) is 7.13. The minimum Gasteiger partial charge on any atom is -0.478 e. The average molecular weight is 374 g/mol. The Morgan fingerprint density at radius 2 is 1.72 bits per heavy atom. The van der Waals surface area contributed by atoms with E-state index in [1.807, 2.05) is 6.07 Å². The molecular weight excluding hydrogens is 361 g/mol. The zero-order valence-electron chi connectivity index (χ0n) is 13.2. The summed E-state index contributed by atoms with van der Waals surface area (Å²) in [7, 11) is 0. The maximum Gasteiger partial charge on any atom is 0.335 e. The molecule has 2 aromatic carbocycles. The van der Waals surface area contributed by atoms with Crippen LogP contribution in [0.3, 0.4) is 0 Å². The fraction of sp³-hybridized carbons (Fsp3) is 0.0526. The third-order valence-corrected chi connectivity index (χ3v) is 4.06. The Kier molecular flexibility index (Phi) is 4.93. The van der Waals surface area contributed by atoms with Gasteiger partial charge in [0.2, 0.25) is 5.88 Å². The molecule has 1 N–H and O–H groups in total. The predicted molar refractivity (Wildman–Crippen MR) is 97.9 cm³/mol. The van der Waals surface area contributed by atoms with E-state index in [1.165, 1.54) is 0 Å². The molecule has 0 atom stereocenters. The molecule has 0 unspecified atom stereocenters. The fourth-order valence-corrected chi connectivity index (χ4v) is 2.98. The molecule has 0 saturated heterocycles. The molecular formula is C19H13Cl2NO3. The zero-order valence-corrected chi connectivity index (χ0v) is 14.7. The number of ether oxygens (including phenoxy) is 1. The minimum atomic E-state index is -0.972. The van der Waals surface area contributed by atoms with Crippen molar-refractivity contribution in [3.63, 3.8) is 0 Å². The third-order valence-electron chi connectivity index (χ3n) is 3.62. The molecule has 0 aliphatic carbocycles. The lowest BCUT2D eigenvalue weighted by Gasteiger charge is -2.10. The number of nitrogens with zero attached hydrogens (tertiary/aromatic N) is 1. The number of carbonyl (C=O) groups is 1. The van der Waals surface area contributed by atoms with Gasteiger partial charge < -0.3 is 9.84 Å². The average Bonchev–Trinajstić information content (AvgIpc) is 2.54. The Hall–Kier alpha value is -2.56. The molecule has 0 saturated carbocycles. The van der Waals surface area contributed by atoms with Crippen LogP contribution in [0, 0.1) is 6.92 Å². The number of carboxylic acids is 1. The second-order valence-corrected chi connectivity index (χ2v) is 6.22. The first-order chi connectivity index (χ1) is 11.9. The summed E-state index contributed by atoms with van der Waals surface area (Å²) in [5, 5.41) is 10.2. The van der Waals surface area contributed by atoms with Crippen molar-refractivity contribution in [2.24, 2.45) is 0 Å². The van der Waals surface area contributed by atoms with Gasteiger partial charge in [-0.1, -0.05) is 41.4 Å². The first kappa shape index (κ1) is 17.3. The van der Waals surface area contributed by atoms with Crippen LogP contribution in [-0.4, -0.2) is 16.1 Å². The molecule has 1 heterocycles. The maximum atomic E-state index is 11.3. The van der Waals surface area contributed by atoms with Crippen molar-refractivity contribution in [3.8, 4) is 22.9 Å². The number of halogens is 2. The summed E-state index contributed by atoms with van der Waals surface area (Å²) in [6, 6.07) is 15.3. The highest BCUT2D eigenvalue weighted by atomic mass is 35.5. The van der Waals surface area contributed by atoms with Gasteiger partial charge in [0.05, 0.1) is 11.3 Å². The van der Waals surface area contributed by atoms with Crippen molar-refractivity contribution in [1.82, 2.24) is 4.98 Å². The summed E-state index contributed by atoms with van der Waals surface area (Å²) in [4.78, 5) is 15.8. The minimum absolute atomic E-state index is 0.243. The quantitative estimate of drug-likeness (QED) is 0.622. The Labute approximate surface area is 154 Å². The Balaban J connectivity index is 1.97. The van der Waals surface area contributed by atoms with Crippen molar-refractivity contribution in [1.29, 1.82) is 0 Å². The van der Waals surface area contributed by atoms with E-state index in [2.05, 4.69) is 4.98 Å². The third kappa shape index (κ3) is 3.92. The Morgan fingerprint density at radius 1 is 1.04 bits per heavy atom. The molecule has 0 aliphatic heterocycles. The van der Waals surface area contributed by atoms with Crippen LogP contribution >= 0.6 is 23.2 Å². The molecule has 6 heteroatoms. The number of carboxylic acid groups (broad SMARTS) is 1. The summed E-state index contributed by atoms with van der Waals surface area (Å²) in [5.41, 5.74) is 2.23. The lowest BCUT2D eigenvalue weighted by atomic mass is 10.00. The number of pyridine rings is 1. The highest BCUT2D eigenvalue weighted by Crippen LogP contribution is 2.30. The van der Waals surface area contributed by atoms with Gasteiger partial charge in [-0.15, -0.1) is 0 Å². The second-order valence-electron chi connectivity index (χ2n) is 5.35. The van der Waals surface area contributed by atoms with E-state index < -0.39 is 5.97 Å². The van der Waals surface area contributed by atoms with E-state index in [0.29, 0.717) is 32.9 Å². The van der Waals surface area contributed by atoms with Gasteiger partial charge in [0.25, 0.3) is 0 Å². The Bertz CT molecular complexity index is 937. The molecule has 3 rings (SSSR count). The predicted octanol–water partition coefficient (Wildman–Crippen LogP) is 5.85. The number of aromatic nitrogens is 1. The van der Waals surface area contributed by atoms with Crippen LogP contribution in [-0.2, 0) is 0 Å². The molecule has 25 heavy (non-hydrogen) atoms. The van der Waals surface area contributed by atoms with E-state index in [1.54, 1.807) is 55.5 Å². The van der Waals surface area contributed by atoms with Crippen molar-refractivity contribution in [3.05, 3.63) is 75.8 Å². The fourth-order valence-electron chi connectivity index (χ4n) is 2.47. The SMILES string of the molecule is Cc1c(C(=O)O)cccc1-c1cccc(Oc2cc(Cl)cc(Cl)c2)n1. The van der Waals surface area contributed by atoms with Gasteiger partial charge in [0.1, 0.15) is 5.75 Å². The van der Waals surface area contributed by atoms with E-state index in [0.717, 1.165) is 5.56 Å². The number of benzene rings is 2. The molecule has 1 aromatic heterocycles. The molecule has 0 amide bonds. The van der Waals surface area contributed by atoms with Gasteiger partial charge in [0, 0.05) is 21.7 Å². The molecule has 4 nitrogen and oxygen atoms in total. The molecule has 0 spiro atoms. The summed E-state index contributed by atoms with van der Waals surface area (Å²) in [6.45, 7) is 1.75. The largest absolute Gasteiger partial charge is 0.478 e. The van der Waals surface area contributed by atoms with Gasteiger partial charge >= 0.3 is 5.97 Å². The van der Waals surface area contributed by atoms with E-state index >= 15 is 0 Å². The lowest BCUT2D eigenvalue weighted by Crippen LogP contribution is -2.01. The summed E-state index contributed by atoms with van der Waals surface area (Å²) >= 11 is 11.9. The van der Waals surface area contributed by atoms with E-state index in [4.69, 9.17) is 27.9 Å². The van der Waals surface area contributed by atoms with Crippen LogP contribution < -0.4 is 4.74 Å². The van der Waals surface area contributed by atoms with E-state index in [9.17, 15) is 9.90 Å². The lowest BCUT2D eigenvalue weighted by molar-refractivity contribution is 0.0696. The van der Waals surface area contributed by atoms with Crippen molar-refractivity contribution in [2.75, 3.05) is 0 Å². The summed E-state index contributed by atoms with van der Waals surface area (Å²) in [5.74, 6) is -0.144. The van der Waals surface area contributed by atoms with Crippen LogP contribution in [0.4, 0.5) is 0 Å². The number of hydrogen-bond acceptors (Lipinski definition) is 3. The molecule has 3 aromatic rings. The van der Waals surface area contributed by atoms with Crippen LogP contribution in [0.25, 0.3) is 11.3 Å². The summed E-state index contributed by atoms with van der Waals surface area (Å²) < 4.78 is 5.72. The molecule has 126 valence electrons. The number of rotatable bonds is 4. The molecule has 0 radical (unpaired) electrons. The number of hydrogen-bond donors (Lipinski definition) is 1. The van der Waals surface area contributed by atoms with Gasteiger partial charge in [-0.2, -0.15) is 0 Å². The molecule has 0 fully saturated rings.